The van der Waals surface area contributed by atoms with Gasteiger partial charge in [0, 0.05) is 5.41 Å². The monoisotopic (exact) mass is 374 g/mol. The van der Waals surface area contributed by atoms with E-state index >= 15 is 0 Å². The first kappa shape index (κ1) is 23.7. The van der Waals surface area contributed by atoms with Crippen LogP contribution in [0.4, 0.5) is 0 Å². The quantitative estimate of drug-likeness (QED) is 0.503. The molecule has 0 aromatic heterocycles. The lowest BCUT2D eigenvalue weighted by atomic mass is 9.80. The van der Waals surface area contributed by atoms with E-state index in [0.717, 1.165) is 0 Å². The van der Waals surface area contributed by atoms with E-state index in [1.165, 1.54) is 44.5 Å². The summed E-state index contributed by atoms with van der Waals surface area (Å²) in [6.45, 7) is 23.1. The molecule has 0 fully saturated rings. The molecule has 0 amide bonds. The van der Waals surface area contributed by atoms with Crippen LogP contribution in [0, 0.1) is 13.8 Å². The number of hydrogen-bond donors (Lipinski definition) is 0. The van der Waals surface area contributed by atoms with Gasteiger partial charge in [-0.25, -0.2) is 0 Å². The standard InChI is InChI=1S/C24H26.2C2H6/c1-7-10-22-19(8-2)21-14-13-18(15-23(21)24(22,5)6)20-12-9-11-16(3)17(20)4;2*1-2/h7-15H,2H2,1,3-6H3;2*1-2H3/b10-7-;;. The number of benzene rings is 2. The molecule has 0 bridgehead atoms. The van der Waals surface area contributed by atoms with Crippen molar-refractivity contribution in [3.63, 3.8) is 0 Å². The van der Waals surface area contributed by atoms with Gasteiger partial charge in [0.05, 0.1) is 0 Å². The predicted molar refractivity (Wildman–Crippen MR) is 129 cm³/mol. The van der Waals surface area contributed by atoms with Crippen molar-refractivity contribution in [2.45, 2.75) is 67.7 Å². The molecule has 0 nitrogen and oxygen atoms in total. The van der Waals surface area contributed by atoms with Crippen LogP contribution < -0.4 is 0 Å². The molecule has 28 heavy (non-hydrogen) atoms. The van der Waals surface area contributed by atoms with Gasteiger partial charge in [0.2, 0.25) is 0 Å². The molecule has 0 unspecified atom stereocenters. The van der Waals surface area contributed by atoms with Crippen molar-refractivity contribution < 1.29 is 0 Å². The van der Waals surface area contributed by atoms with Gasteiger partial charge in [-0.05, 0) is 71.4 Å². The van der Waals surface area contributed by atoms with Gasteiger partial charge in [-0.2, -0.15) is 0 Å². The summed E-state index contributed by atoms with van der Waals surface area (Å²) >= 11 is 0. The summed E-state index contributed by atoms with van der Waals surface area (Å²) in [6, 6.07) is 13.4. The van der Waals surface area contributed by atoms with Crippen LogP contribution in [-0.4, -0.2) is 0 Å². The number of hydrogen-bond acceptors (Lipinski definition) is 0. The zero-order valence-electron chi connectivity index (χ0n) is 19.4. The fourth-order valence-corrected chi connectivity index (χ4v) is 3.84. The first-order valence-corrected chi connectivity index (χ1v) is 10.6. The van der Waals surface area contributed by atoms with Gasteiger partial charge in [-0.1, -0.05) is 96.7 Å². The molecule has 0 saturated heterocycles. The van der Waals surface area contributed by atoms with Crippen molar-refractivity contribution in [3.05, 3.63) is 89.0 Å². The van der Waals surface area contributed by atoms with E-state index in [1.54, 1.807) is 0 Å². The number of allylic oxidation sites excluding steroid dienone is 5. The molecule has 0 radical (unpaired) electrons. The van der Waals surface area contributed by atoms with E-state index in [1.807, 2.05) is 33.8 Å². The van der Waals surface area contributed by atoms with Crippen LogP contribution in [0.1, 0.15) is 70.7 Å². The molecule has 150 valence electrons. The maximum atomic E-state index is 4.05. The zero-order valence-corrected chi connectivity index (χ0v) is 19.4. The van der Waals surface area contributed by atoms with Gasteiger partial charge in [-0.3, -0.25) is 0 Å². The Morgan fingerprint density at radius 2 is 1.54 bits per heavy atom. The second kappa shape index (κ2) is 10.3. The topological polar surface area (TPSA) is 0 Å². The summed E-state index contributed by atoms with van der Waals surface area (Å²) in [6.07, 6.45) is 6.35. The Kier molecular flexibility index (Phi) is 8.69. The minimum absolute atomic E-state index is 0.000886. The first-order valence-electron chi connectivity index (χ1n) is 10.6. The van der Waals surface area contributed by atoms with Crippen LogP contribution in [0.25, 0.3) is 16.7 Å². The summed E-state index contributed by atoms with van der Waals surface area (Å²) in [7, 11) is 0. The third kappa shape index (κ3) is 4.22. The summed E-state index contributed by atoms with van der Waals surface area (Å²) in [5, 5.41) is 0. The molecule has 2 aromatic rings. The van der Waals surface area contributed by atoms with Crippen molar-refractivity contribution >= 4 is 5.57 Å². The minimum Gasteiger partial charge on any atom is -0.0984 e. The molecule has 2 aromatic carbocycles. The smallest absolute Gasteiger partial charge is 0.0158 e. The highest BCUT2D eigenvalue weighted by atomic mass is 14.4. The molecule has 3 rings (SSSR count). The normalized spacial score (nSPS) is 14.0. The molecule has 1 aliphatic rings. The molecular weight excluding hydrogens is 336 g/mol. The van der Waals surface area contributed by atoms with Crippen LogP contribution in [0.2, 0.25) is 0 Å². The van der Waals surface area contributed by atoms with Crippen molar-refractivity contribution in [1.82, 2.24) is 0 Å². The Morgan fingerprint density at radius 1 is 0.893 bits per heavy atom. The average Bonchev–Trinajstić information content (AvgIpc) is 2.93. The van der Waals surface area contributed by atoms with E-state index in [0.29, 0.717) is 0 Å². The summed E-state index contributed by atoms with van der Waals surface area (Å²) in [4.78, 5) is 0. The fourth-order valence-electron chi connectivity index (χ4n) is 3.84. The van der Waals surface area contributed by atoms with Gasteiger partial charge in [-0.15, -0.1) is 0 Å². The number of aryl methyl sites for hydroxylation is 1. The molecule has 0 heterocycles. The van der Waals surface area contributed by atoms with Gasteiger partial charge < -0.3 is 0 Å². The largest absolute Gasteiger partial charge is 0.0984 e. The molecular formula is C28H38. The maximum Gasteiger partial charge on any atom is 0.0158 e. The van der Waals surface area contributed by atoms with Crippen molar-refractivity contribution in [2.75, 3.05) is 0 Å². The lowest BCUT2D eigenvalue weighted by Gasteiger charge is -2.23. The Hall–Kier alpha value is -2.34. The highest BCUT2D eigenvalue weighted by Crippen LogP contribution is 2.48. The Balaban J connectivity index is 0.000000921. The second-order valence-electron chi connectivity index (χ2n) is 7.16. The highest BCUT2D eigenvalue weighted by molar-refractivity contribution is 5.89. The van der Waals surface area contributed by atoms with Gasteiger partial charge in [0.15, 0.2) is 0 Å². The van der Waals surface area contributed by atoms with Crippen molar-refractivity contribution in [1.29, 1.82) is 0 Å². The SMILES string of the molecule is C=CC1=C(/C=C\C)C(C)(C)c2cc(-c3cccc(C)c3C)ccc21.CC.CC. The molecule has 0 atom stereocenters. The summed E-state index contributed by atoms with van der Waals surface area (Å²) in [5.41, 5.74) is 10.7. The Morgan fingerprint density at radius 3 is 2.11 bits per heavy atom. The van der Waals surface area contributed by atoms with E-state index in [-0.39, 0.29) is 5.41 Å². The molecule has 1 aliphatic carbocycles. The molecule has 0 heteroatoms. The predicted octanol–water partition coefficient (Wildman–Crippen LogP) is 8.83. The lowest BCUT2D eigenvalue weighted by Crippen LogP contribution is -2.16. The number of rotatable bonds is 3. The van der Waals surface area contributed by atoms with Crippen LogP contribution in [0.3, 0.4) is 0 Å². The average molecular weight is 375 g/mol. The van der Waals surface area contributed by atoms with E-state index in [4.69, 9.17) is 0 Å². The maximum absolute atomic E-state index is 4.05. The van der Waals surface area contributed by atoms with Crippen LogP contribution in [0.5, 0.6) is 0 Å². The number of fused-ring (bicyclic) bond motifs is 1. The fraction of sp³-hybridized carbons (Fsp3) is 0.357. The lowest BCUT2D eigenvalue weighted by molar-refractivity contribution is 0.654. The second-order valence-corrected chi connectivity index (χ2v) is 7.16. The van der Waals surface area contributed by atoms with Gasteiger partial charge >= 0.3 is 0 Å². The van der Waals surface area contributed by atoms with Crippen LogP contribution in [-0.2, 0) is 5.41 Å². The van der Waals surface area contributed by atoms with E-state index in [9.17, 15) is 0 Å². The van der Waals surface area contributed by atoms with Gasteiger partial charge in [0.25, 0.3) is 0 Å². The van der Waals surface area contributed by atoms with E-state index < -0.39 is 0 Å². The summed E-state index contributed by atoms with van der Waals surface area (Å²) < 4.78 is 0. The zero-order chi connectivity index (χ0) is 21.5. The van der Waals surface area contributed by atoms with Crippen molar-refractivity contribution in [3.8, 4) is 11.1 Å². The van der Waals surface area contributed by atoms with Crippen molar-refractivity contribution in [2.24, 2.45) is 0 Å². The Labute approximate surface area is 173 Å². The third-order valence-corrected chi connectivity index (χ3v) is 5.40. The van der Waals surface area contributed by atoms with Crippen LogP contribution >= 0.6 is 0 Å². The molecule has 0 aliphatic heterocycles. The van der Waals surface area contributed by atoms with E-state index in [2.05, 4.69) is 89.7 Å². The Bertz CT molecular complexity index is 873. The molecule has 0 saturated carbocycles. The molecule has 0 spiro atoms. The van der Waals surface area contributed by atoms with Crippen LogP contribution in [0.15, 0.2) is 66.8 Å². The first-order chi connectivity index (χ1) is 13.4. The molecule has 0 N–H and O–H groups in total. The highest BCUT2D eigenvalue weighted by Gasteiger charge is 2.35. The summed E-state index contributed by atoms with van der Waals surface area (Å²) in [5.74, 6) is 0. The third-order valence-electron chi connectivity index (χ3n) is 5.40. The van der Waals surface area contributed by atoms with Gasteiger partial charge in [0.1, 0.15) is 0 Å². The minimum atomic E-state index is -0.000886.